The number of amides is 1. The van der Waals surface area contributed by atoms with Crippen LogP contribution in [0.4, 0.5) is 8.78 Å². The molecule has 0 radical (unpaired) electrons. The van der Waals surface area contributed by atoms with Gasteiger partial charge < -0.3 is 10.6 Å². The van der Waals surface area contributed by atoms with E-state index in [0.717, 1.165) is 44.8 Å². The van der Waals surface area contributed by atoms with Crippen molar-refractivity contribution in [3.8, 4) is 0 Å². The van der Waals surface area contributed by atoms with Crippen LogP contribution in [0.15, 0.2) is 18.2 Å². The Balaban J connectivity index is 0.00000105. The quantitative estimate of drug-likeness (QED) is 0.801. The summed E-state index contributed by atoms with van der Waals surface area (Å²) in [6, 6.07) is 4.05. The number of rotatable bonds is 2. The average Bonchev–Trinajstić information content (AvgIpc) is 3.21. The molecule has 0 aromatic heterocycles. The molecule has 1 aromatic carbocycles. The molecular formula is C19H25Cl2F2N3O. The van der Waals surface area contributed by atoms with E-state index in [1.165, 1.54) is 12.1 Å². The number of halogens is 4. The Labute approximate surface area is 170 Å². The number of piperidine rings is 3. The summed E-state index contributed by atoms with van der Waals surface area (Å²) in [4.78, 5) is 17.4. The Morgan fingerprint density at radius 2 is 1.63 bits per heavy atom. The molecule has 5 fully saturated rings. The van der Waals surface area contributed by atoms with E-state index in [2.05, 4.69) is 4.90 Å². The van der Waals surface area contributed by atoms with Gasteiger partial charge in [-0.2, -0.15) is 0 Å². The predicted molar refractivity (Wildman–Crippen MR) is 103 cm³/mol. The Kier molecular flexibility index (Phi) is 5.49. The maximum Gasteiger partial charge on any atom is 0.242 e. The SMILES string of the molecule is Cl.Cl.NC1(C(=O)N2C[C@@H](c3cc(F)cc(F)c3)[C@@H]3[C@H]2C2CCN3CC2)CC1. The summed E-state index contributed by atoms with van der Waals surface area (Å²) in [6.07, 6.45) is 3.67. The lowest BCUT2D eigenvalue weighted by atomic mass is 9.75. The molecule has 5 aliphatic rings. The topological polar surface area (TPSA) is 49.6 Å². The molecule has 3 atom stereocenters. The zero-order valence-electron chi connectivity index (χ0n) is 14.9. The molecule has 1 aromatic rings. The summed E-state index contributed by atoms with van der Waals surface area (Å²) in [5.41, 5.74) is 6.17. The third-order valence-corrected chi connectivity index (χ3v) is 6.78. The molecule has 27 heavy (non-hydrogen) atoms. The van der Waals surface area contributed by atoms with E-state index in [0.29, 0.717) is 18.0 Å². The van der Waals surface area contributed by atoms with Crippen molar-refractivity contribution in [2.45, 2.75) is 49.2 Å². The van der Waals surface area contributed by atoms with Crippen molar-refractivity contribution < 1.29 is 13.6 Å². The standard InChI is InChI=1S/C19H23F2N3O.2ClH/c20-13-7-12(8-14(21)9-13)15-10-24(18(25)19(22)3-4-19)16-11-1-5-23(6-2-11)17(15)16;;/h7-9,11,15-17H,1-6,10,22H2;2*1H/t15-,16+,17+;;/m0../s1. The van der Waals surface area contributed by atoms with Gasteiger partial charge in [0.1, 0.15) is 11.6 Å². The first-order chi connectivity index (χ1) is 12.0. The summed E-state index contributed by atoms with van der Waals surface area (Å²) in [6.45, 7) is 2.54. The number of fused-ring (bicyclic) bond motifs is 2. The van der Waals surface area contributed by atoms with E-state index in [1.807, 2.05) is 4.90 Å². The molecule has 2 bridgehead atoms. The second-order valence-electron chi connectivity index (χ2n) is 8.28. The largest absolute Gasteiger partial charge is 0.336 e. The molecule has 4 heterocycles. The van der Waals surface area contributed by atoms with Gasteiger partial charge in [0.2, 0.25) is 5.91 Å². The van der Waals surface area contributed by atoms with Gasteiger partial charge in [-0.3, -0.25) is 9.69 Å². The molecule has 150 valence electrons. The van der Waals surface area contributed by atoms with Crippen LogP contribution in [0, 0.1) is 17.6 Å². The van der Waals surface area contributed by atoms with Crippen molar-refractivity contribution in [3.05, 3.63) is 35.4 Å². The summed E-state index contributed by atoms with van der Waals surface area (Å²) in [5, 5.41) is 0. The van der Waals surface area contributed by atoms with E-state index < -0.39 is 17.2 Å². The van der Waals surface area contributed by atoms with Crippen molar-refractivity contribution in [2.75, 3.05) is 19.6 Å². The number of carbonyl (C=O) groups is 1. The van der Waals surface area contributed by atoms with Gasteiger partial charge in [-0.1, -0.05) is 0 Å². The number of benzene rings is 1. The smallest absolute Gasteiger partial charge is 0.242 e. The first kappa shape index (κ1) is 20.8. The van der Waals surface area contributed by atoms with Crippen LogP contribution in [-0.4, -0.2) is 53.0 Å². The number of nitrogens with two attached hydrogens (primary N) is 1. The van der Waals surface area contributed by atoms with E-state index >= 15 is 0 Å². The van der Waals surface area contributed by atoms with E-state index in [9.17, 15) is 13.6 Å². The maximum absolute atomic E-state index is 13.8. The Bertz CT molecular complexity index is 717. The highest BCUT2D eigenvalue weighted by Crippen LogP contribution is 2.48. The molecule has 6 rings (SSSR count). The minimum absolute atomic E-state index is 0. The lowest BCUT2D eigenvalue weighted by Crippen LogP contribution is -2.62. The minimum Gasteiger partial charge on any atom is -0.336 e. The molecule has 1 aliphatic carbocycles. The lowest BCUT2D eigenvalue weighted by molar-refractivity contribution is -0.138. The Hall–Kier alpha value is -0.950. The summed E-state index contributed by atoms with van der Waals surface area (Å²) >= 11 is 0. The first-order valence-corrected chi connectivity index (χ1v) is 9.26. The second kappa shape index (κ2) is 7.14. The molecule has 2 N–H and O–H groups in total. The maximum atomic E-state index is 13.8. The van der Waals surface area contributed by atoms with Crippen molar-refractivity contribution in [2.24, 2.45) is 11.7 Å². The molecule has 8 heteroatoms. The van der Waals surface area contributed by atoms with Crippen molar-refractivity contribution in [3.63, 3.8) is 0 Å². The molecule has 0 spiro atoms. The van der Waals surface area contributed by atoms with Crippen molar-refractivity contribution >= 4 is 30.7 Å². The van der Waals surface area contributed by atoms with E-state index in [4.69, 9.17) is 5.73 Å². The van der Waals surface area contributed by atoms with Crippen LogP contribution in [0.25, 0.3) is 0 Å². The van der Waals surface area contributed by atoms with Crippen molar-refractivity contribution in [1.29, 1.82) is 0 Å². The highest BCUT2D eigenvalue weighted by molar-refractivity contribution is 5.90. The molecule has 1 saturated carbocycles. The van der Waals surface area contributed by atoms with Crippen LogP contribution in [0.2, 0.25) is 0 Å². The van der Waals surface area contributed by atoms with Gasteiger partial charge in [0.25, 0.3) is 0 Å². The summed E-state index contributed by atoms with van der Waals surface area (Å²) in [5.74, 6) is -0.639. The summed E-state index contributed by atoms with van der Waals surface area (Å²) in [7, 11) is 0. The normalized spacial score (nSPS) is 35.1. The highest BCUT2D eigenvalue weighted by Gasteiger charge is 2.58. The Morgan fingerprint density at radius 1 is 1.04 bits per heavy atom. The van der Waals surface area contributed by atoms with Crippen LogP contribution in [0.3, 0.4) is 0 Å². The van der Waals surface area contributed by atoms with Crippen LogP contribution in [0.5, 0.6) is 0 Å². The molecular weight excluding hydrogens is 395 g/mol. The molecule has 1 amide bonds. The number of hydrogen-bond acceptors (Lipinski definition) is 3. The first-order valence-electron chi connectivity index (χ1n) is 9.26. The number of nitrogens with zero attached hydrogens (tertiary/aromatic N) is 2. The zero-order valence-corrected chi connectivity index (χ0v) is 16.6. The van der Waals surface area contributed by atoms with E-state index in [-0.39, 0.29) is 48.7 Å². The number of likely N-dealkylation sites (tertiary alicyclic amines) is 1. The van der Waals surface area contributed by atoms with Crippen LogP contribution in [-0.2, 0) is 4.79 Å². The van der Waals surface area contributed by atoms with Crippen molar-refractivity contribution in [1.82, 2.24) is 9.80 Å². The molecule has 0 unspecified atom stereocenters. The third-order valence-electron chi connectivity index (χ3n) is 6.78. The fourth-order valence-corrected chi connectivity index (χ4v) is 5.37. The predicted octanol–water partition coefficient (Wildman–Crippen LogP) is 2.69. The molecule has 4 saturated heterocycles. The summed E-state index contributed by atoms with van der Waals surface area (Å²) < 4.78 is 27.6. The van der Waals surface area contributed by atoms with Gasteiger partial charge in [-0.05, 0) is 62.4 Å². The Morgan fingerprint density at radius 3 is 2.19 bits per heavy atom. The minimum atomic E-state index is -0.696. The van der Waals surface area contributed by atoms with Crippen LogP contribution < -0.4 is 5.73 Å². The second-order valence-corrected chi connectivity index (χ2v) is 8.28. The zero-order chi connectivity index (χ0) is 17.3. The monoisotopic (exact) mass is 419 g/mol. The van der Waals surface area contributed by atoms with Gasteiger partial charge in [0, 0.05) is 24.6 Å². The van der Waals surface area contributed by atoms with Gasteiger partial charge in [-0.15, -0.1) is 24.8 Å². The van der Waals surface area contributed by atoms with Crippen LogP contribution >= 0.6 is 24.8 Å². The van der Waals surface area contributed by atoms with E-state index in [1.54, 1.807) is 0 Å². The van der Waals surface area contributed by atoms with Gasteiger partial charge in [0.05, 0.1) is 11.6 Å². The van der Waals surface area contributed by atoms with Gasteiger partial charge in [0.15, 0.2) is 0 Å². The van der Waals surface area contributed by atoms with Gasteiger partial charge >= 0.3 is 0 Å². The number of carbonyl (C=O) groups excluding carboxylic acids is 1. The number of hydrogen-bond donors (Lipinski definition) is 1. The fraction of sp³-hybridized carbons (Fsp3) is 0.632. The molecule has 4 nitrogen and oxygen atoms in total. The average molecular weight is 420 g/mol. The highest BCUT2D eigenvalue weighted by atomic mass is 35.5. The fourth-order valence-electron chi connectivity index (χ4n) is 5.37. The van der Waals surface area contributed by atoms with Crippen LogP contribution in [0.1, 0.15) is 37.2 Å². The molecule has 4 aliphatic heterocycles. The third kappa shape index (κ3) is 3.24. The lowest BCUT2D eigenvalue weighted by Gasteiger charge is -2.51. The van der Waals surface area contributed by atoms with Gasteiger partial charge in [-0.25, -0.2) is 8.78 Å².